The van der Waals surface area contributed by atoms with Crippen LogP contribution in [0.2, 0.25) is 5.02 Å². The second-order valence-electron chi connectivity index (χ2n) is 7.84. The van der Waals surface area contributed by atoms with Gasteiger partial charge in [0, 0.05) is 17.9 Å². The van der Waals surface area contributed by atoms with Crippen molar-refractivity contribution in [2.75, 3.05) is 17.7 Å². The fourth-order valence-corrected chi connectivity index (χ4v) is 5.27. The van der Waals surface area contributed by atoms with Crippen LogP contribution >= 0.6 is 34.7 Å². The molecule has 0 radical (unpaired) electrons. The van der Waals surface area contributed by atoms with Gasteiger partial charge >= 0.3 is 6.18 Å². The number of anilines is 1. The van der Waals surface area contributed by atoms with Crippen LogP contribution in [0.1, 0.15) is 49.4 Å². The zero-order valence-electron chi connectivity index (χ0n) is 19.6. The molecule has 2 amide bonds. The standard InChI is InChI=1S/C25H23ClF3N3O3S2/c1-15-13-37-24(31-22(34)18-5-2-4-17(10-18)14-36-9-3-8-33)21(15)23(35)32-30-12-16-6-7-20(26)19(11-16)25(27,28)29/h2,4-7,10-13,33H,3,8-9,14H2,1H3,(H,31,34)(H,32,35). The first-order valence-electron chi connectivity index (χ1n) is 11.0. The first-order chi connectivity index (χ1) is 17.6. The topological polar surface area (TPSA) is 90.8 Å². The quantitative estimate of drug-likeness (QED) is 0.150. The molecule has 0 aliphatic heterocycles. The molecule has 0 unspecified atom stereocenters. The number of benzene rings is 2. The summed E-state index contributed by atoms with van der Waals surface area (Å²) in [6, 6.07) is 10.4. The number of aliphatic hydroxyl groups excluding tert-OH is 1. The summed E-state index contributed by atoms with van der Waals surface area (Å²) in [5.41, 5.74) is 3.59. The van der Waals surface area contributed by atoms with Crippen LogP contribution in [0.5, 0.6) is 0 Å². The Morgan fingerprint density at radius 3 is 2.70 bits per heavy atom. The smallest absolute Gasteiger partial charge is 0.396 e. The molecule has 0 fully saturated rings. The average molecular weight is 570 g/mol. The summed E-state index contributed by atoms with van der Waals surface area (Å²) in [6.45, 7) is 1.83. The van der Waals surface area contributed by atoms with Gasteiger partial charge in [0.15, 0.2) is 0 Å². The molecule has 6 nitrogen and oxygen atoms in total. The first-order valence-corrected chi connectivity index (χ1v) is 13.4. The highest BCUT2D eigenvalue weighted by atomic mass is 35.5. The second-order valence-corrected chi connectivity index (χ2v) is 10.2. The van der Waals surface area contributed by atoms with E-state index in [1.165, 1.54) is 17.4 Å². The van der Waals surface area contributed by atoms with Crippen molar-refractivity contribution in [3.05, 3.63) is 86.2 Å². The number of carbonyl (C=O) groups is 2. The largest absolute Gasteiger partial charge is 0.417 e. The van der Waals surface area contributed by atoms with E-state index in [9.17, 15) is 22.8 Å². The molecular formula is C25H23ClF3N3O3S2. The van der Waals surface area contributed by atoms with Crippen LogP contribution in [0.25, 0.3) is 0 Å². The molecule has 3 aromatic rings. The van der Waals surface area contributed by atoms with Gasteiger partial charge in [-0.25, -0.2) is 5.43 Å². The van der Waals surface area contributed by atoms with Crippen LogP contribution in [0.3, 0.4) is 0 Å². The predicted octanol–water partition coefficient (Wildman–Crippen LogP) is 6.36. The third kappa shape index (κ3) is 8.06. The van der Waals surface area contributed by atoms with Gasteiger partial charge in [0.05, 0.1) is 22.4 Å². The van der Waals surface area contributed by atoms with E-state index in [2.05, 4.69) is 15.8 Å². The number of rotatable bonds is 10. The molecule has 12 heteroatoms. The van der Waals surface area contributed by atoms with Crippen LogP contribution in [-0.2, 0) is 11.9 Å². The molecule has 0 aliphatic rings. The zero-order chi connectivity index (χ0) is 27.0. The fraction of sp³-hybridized carbons (Fsp3) is 0.240. The van der Waals surface area contributed by atoms with E-state index in [0.717, 1.165) is 29.7 Å². The molecule has 3 rings (SSSR count). The minimum Gasteiger partial charge on any atom is -0.396 e. The van der Waals surface area contributed by atoms with Crippen molar-refractivity contribution >= 4 is 57.7 Å². The number of hydrazone groups is 1. The predicted molar refractivity (Wildman–Crippen MR) is 143 cm³/mol. The number of amides is 2. The lowest BCUT2D eigenvalue weighted by molar-refractivity contribution is -0.137. The number of carbonyl (C=O) groups excluding carboxylic acids is 2. The van der Waals surface area contributed by atoms with Gasteiger partial charge in [-0.2, -0.15) is 30.0 Å². The molecule has 0 saturated carbocycles. The van der Waals surface area contributed by atoms with Crippen LogP contribution < -0.4 is 10.7 Å². The molecule has 0 bridgehead atoms. The maximum Gasteiger partial charge on any atom is 0.417 e. The third-order valence-corrected chi connectivity index (χ3v) is 7.47. The maximum absolute atomic E-state index is 13.0. The van der Waals surface area contributed by atoms with Crippen LogP contribution in [0, 0.1) is 6.92 Å². The second kappa shape index (κ2) is 13.1. The Labute approximate surface area is 224 Å². The molecule has 3 N–H and O–H groups in total. The van der Waals surface area contributed by atoms with E-state index < -0.39 is 22.7 Å². The van der Waals surface area contributed by atoms with Crippen molar-refractivity contribution in [3.63, 3.8) is 0 Å². The molecule has 1 aromatic heterocycles. The van der Waals surface area contributed by atoms with Crippen molar-refractivity contribution in [1.29, 1.82) is 0 Å². The van der Waals surface area contributed by atoms with Crippen LogP contribution in [0.15, 0.2) is 52.9 Å². The maximum atomic E-state index is 13.0. The lowest BCUT2D eigenvalue weighted by Gasteiger charge is -2.09. The van der Waals surface area contributed by atoms with Crippen molar-refractivity contribution in [1.82, 2.24) is 5.43 Å². The lowest BCUT2D eigenvalue weighted by Crippen LogP contribution is -2.21. The molecule has 1 heterocycles. The number of hydrogen-bond donors (Lipinski definition) is 3. The van der Waals surface area contributed by atoms with Crippen LogP contribution in [-0.4, -0.2) is 35.5 Å². The number of hydrogen-bond acceptors (Lipinski definition) is 6. The molecule has 196 valence electrons. The normalized spacial score (nSPS) is 11.6. The van der Waals surface area contributed by atoms with E-state index in [-0.39, 0.29) is 23.6 Å². The monoisotopic (exact) mass is 569 g/mol. The summed E-state index contributed by atoms with van der Waals surface area (Å²) < 4.78 is 39.1. The Morgan fingerprint density at radius 1 is 1.19 bits per heavy atom. The Morgan fingerprint density at radius 2 is 1.97 bits per heavy atom. The fourth-order valence-electron chi connectivity index (χ4n) is 3.21. The highest BCUT2D eigenvalue weighted by Gasteiger charge is 2.33. The molecule has 0 spiro atoms. The number of aryl methyl sites for hydroxylation is 1. The van der Waals surface area contributed by atoms with Gasteiger partial charge in [-0.1, -0.05) is 29.8 Å². The zero-order valence-corrected chi connectivity index (χ0v) is 22.0. The summed E-state index contributed by atoms with van der Waals surface area (Å²) >= 11 is 8.45. The summed E-state index contributed by atoms with van der Waals surface area (Å²) in [5.74, 6) is 0.499. The van der Waals surface area contributed by atoms with Gasteiger partial charge in [0.25, 0.3) is 11.8 Å². The number of nitrogens with zero attached hydrogens (tertiary/aromatic N) is 1. The van der Waals surface area contributed by atoms with Crippen molar-refractivity contribution < 1.29 is 27.9 Å². The number of alkyl halides is 3. The lowest BCUT2D eigenvalue weighted by atomic mass is 10.1. The number of thiophene rings is 1. The van der Waals surface area contributed by atoms with E-state index in [4.69, 9.17) is 16.7 Å². The summed E-state index contributed by atoms with van der Waals surface area (Å²) in [6.07, 6.45) is -2.84. The minimum atomic E-state index is -4.62. The van der Waals surface area contributed by atoms with Crippen molar-refractivity contribution in [2.24, 2.45) is 5.10 Å². The molecular weight excluding hydrogens is 547 g/mol. The van der Waals surface area contributed by atoms with E-state index in [1.54, 1.807) is 42.3 Å². The minimum absolute atomic E-state index is 0.0991. The van der Waals surface area contributed by atoms with Crippen LogP contribution in [0.4, 0.5) is 18.2 Å². The Balaban J connectivity index is 1.68. The van der Waals surface area contributed by atoms with Gasteiger partial charge in [0.2, 0.25) is 0 Å². The Kier molecular flexibility index (Phi) is 10.2. The molecule has 0 aliphatic carbocycles. The summed E-state index contributed by atoms with van der Waals surface area (Å²) in [4.78, 5) is 25.6. The molecule has 37 heavy (non-hydrogen) atoms. The Hall–Kier alpha value is -2.86. The third-order valence-electron chi connectivity index (χ3n) is 5.01. The van der Waals surface area contributed by atoms with Gasteiger partial charge in [0.1, 0.15) is 5.00 Å². The number of halogens is 4. The number of nitrogens with one attached hydrogen (secondary N) is 2. The molecule has 2 aromatic carbocycles. The Bertz CT molecular complexity index is 1300. The van der Waals surface area contributed by atoms with Crippen molar-refractivity contribution in [3.8, 4) is 0 Å². The number of thioether (sulfide) groups is 1. The highest BCUT2D eigenvalue weighted by molar-refractivity contribution is 7.98. The van der Waals surface area contributed by atoms with Gasteiger partial charge in [-0.15, -0.1) is 11.3 Å². The highest BCUT2D eigenvalue weighted by Crippen LogP contribution is 2.35. The van der Waals surface area contributed by atoms with E-state index in [0.29, 0.717) is 28.3 Å². The first kappa shape index (κ1) is 28.7. The molecule has 0 atom stereocenters. The van der Waals surface area contributed by atoms with E-state index >= 15 is 0 Å². The average Bonchev–Trinajstić information content (AvgIpc) is 3.22. The van der Waals surface area contributed by atoms with Crippen molar-refractivity contribution in [2.45, 2.75) is 25.3 Å². The summed E-state index contributed by atoms with van der Waals surface area (Å²) in [5, 5.41) is 17.0. The van der Waals surface area contributed by atoms with Gasteiger partial charge in [-0.05, 0) is 65.4 Å². The number of aliphatic hydroxyl groups is 1. The SMILES string of the molecule is Cc1csc(NC(=O)c2cccc(CSCCCO)c2)c1C(=O)NN=Cc1ccc(Cl)c(C(F)(F)F)c1. The van der Waals surface area contributed by atoms with E-state index in [1.807, 2.05) is 6.07 Å². The summed E-state index contributed by atoms with van der Waals surface area (Å²) in [7, 11) is 0. The van der Waals surface area contributed by atoms with Gasteiger partial charge in [-0.3, -0.25) is 9.59 Å². The molecule has 0 saturated heterocycles. The van der Waals surface area contributed by atoms with Gasteiger partial charge < -0.3 is 10.4 Å².